The lowest BCUT2D eigenvalue weighted by atomic mass is 10.4. The standard InChI is InChI=1S/C10H23N3O/c1-8(2)12-10(13-9(3)4)11-6-5-7-14/h8-9,14H,5-7H2,1-4H3,(H2,11,12,13). The van der Waals surface area contributed by atoms with Crippen LogP contribution in [-0.4, -0.2) is 36.3 Å². The summed E-state index contributed by atoms with van der Waals surface area (Å²) in [6, 6.07) is 0.739. The Morgan fingerprint density at radius 3 is 2.00 bits per heavy atom. The van der Waals surface area contributed by atoms with Gasteiger partial charge in [-0.1, -0.05) is 0 Å². The molecule has 0 spiro atoms. The summed E-state index contributed by atoms with van der Waals surface area (Å²) in [6.07, 6.45) is 0.711. The Morgan fingerprint density at radius 1 is 1.14 bits per heavy atom. The van der Waals surface area contributed by atoms with Gasteiger partial charge in [-0.2, -0.15) is 0 Å². The van der Waals surface area contributed by atoms with Gasteiger partial charge in [0.25, 0.3) is 0 Å². The number of nitrogens with zero attached hydrogens (tertiary/aromatic N) is 1. The van der Waals surface area contributed by atoms with Crippen LogP contribution < -0.4 is 10.6 Å². The highest BCUT2D eigenvalue weighted by Gasteiger charge is 2.01. The van der Waals surface area contributed by atoms with E-state index in [1.54, 1.807) is 0 Å². The third kappa shape index (κ3) is 7.86. The molecule has 0 bridgehead atoms. The summed E-state index contributed by atoms with van der Waals surface area (Å²) >= 11 is 0. The zero-order valence-electron chi connectivity index (χ0n) is 9.67. The van der Waals surface area contributed by atoms with Crippen molar-refractivity contribution in [3.05, 3.63) is 0 Å². The van der Waals surface area contributed by atoms with Gasteiger partial charge >= 0.3 is 0 Å². The number of nitrogens with one attached hydrogen (secondary N) is 2. The zero-order chi connectivity index (χ0) is 11.0. The highest BCUT2D eigenvalue weighted by molar-refractivity contribution is 5.80. The van der Waals surface area contributed by atoms with Gasteiger partial charge in [-0.3, -0.25) is 4.99 Å². The Hall–Kier alpha value is -0.770. The van der Waals surface area contributed by atoms with Crippen molar-refractivity contribution in [3.8, 4) is 0 Å². The molecule has 0 rings (SSSR count). The number of rotatable bonds is 5. The van der Waals surface area contributed by atoms with E-state index in [0.717, 1.165) is 5.96 Å². The first kappa shape index (κ1) is 13.2. The monoisotopic (exact) mass is 201 g/mol. The maximum absolute atomic E-state index is 8.63. The van der Waals surface area contributed by atoms with E-state index >= 15 is 0 Å². The summed E-state index contributed by atoms with van der Waals surface area (Å²) in [4.78, 5) is 4.33. The third-order valence-electron chi connectivity index (χ3n) is 1.44. The second-order valence-electron chi connectivity index (χ2n) is 3.91. The van der Waals surface area contributed by atoms with Crippen LogP contribution in [0.5, 0.6) is 0 Å². The van der Waals surface area contributed by atoms with E-state index in [1.807, 2.05) is 0 Å². The van der Waals surface area contributed by atoms with Crippen LogP contribution in [0, 0.1) is 0 Å². The molecule has 0 aliphatic heterocycles. The van der Waals surface area contributed by atoms with E-state index in [2.05, 4.69) is 43.3 Å². The Bertz CT molecular complexity index is 155. The second-order valence-corrected chi connectivity index (χ2v) is 3.91. The Morgan fingerprint density at radius 2 is 1.64 bits per heavy atom. The number of hydrogen-bond donors (Lipinski definition) is 3. The number of guanidine groups is 1. The van der Waals surface area contributed by atoms with Crippen LogP contribution in [0.2, 0.25) is 0 Å². The minimum absolute atomic E-state index is 0.195. The summed E-state index contributed by atoms with van der Waals surface area (Å²) in [5, 5.41) is 15.1. The minimum Gasteiger partial charge on any atom is -0.396 e. The molecular weight excluding hydrogens is 178 g/mol. The van der Waals surface area contributed by atoms with Crippen molar-refractivity contribution in [2.24, 2.45) is 4.99 Å². The maximum Gasteiger partial charge on any atom is 0.191 e. The highest BCUT2D eigenvalue weighted by Crippen LogP contribution is 1.85. The summed E-state index contributed by atoms with van der Waals surface area (Å²) in [7, 11) is 0. The molecule has 4 nitrogen and oxygen atoms in total. The van der Waals surface area contributed by atoms with E-state index in [0.29, 0.717) is 25.0 Å². The fraction of sp³-hybridized carbons (Fsp3) is 0.900. The molecule has 0 amide bonds. The molecular formula is C10H23N3O. The van der Waals surface area contributed by atoms with Crippen molar-refractivity contribution in [1.29, 1.82) is 0 Å². The normalized spacial score (nSPS) is 10.5. The van der Waals surface area contributed by atoms with Crippen LogP contribution in [0.4, 0.5) is 0 Å². The molecule has 0 aromatic heterocycles. The van der Waals surface area contributed by atoms with Crippen molar-refractivity contribution >= 4 is 5.96 Å². The molecule has 3 N–H and O–H groups in total. The van der Waals surface area contributed by atoms with Crippen LogP contribution >= 0.6 is 0 Å². The molecule has 0 saturated heterocycles. The molecule has 0 unspecified atom stereocenters. The van der Waals surface area contributed by atoms with Gasteiger partial charge in [0.05, 0.1) is 0 Å². The lowest BCUT2D eigenvalue weighted by Gasteiger charge is -2.17. The summed E-state index contributed by atoms with van der Waals surface area (Å²) in [5.74, 6) is 0.823. The van der Waals surface area contributed by atoms with Crippen molar-refractivity contribution in [3.63, 3.8) is 0 Å². The lowest BCUT2D eigenvalue weighted by Crippen LogP contribution is -2.44. The van der Waals surface area contributed by atoms with Crippen molar-refractivity contribution < 1.29 is 5.11 Å². The predicted molar refractivity (Wildman–Crippen MR) is 60.5 cm³/mol. The van der Waals surface area contributed by atoms with Gasteiger partial charge in [0, 0.05) is 25.2 Å². The number of hydrogen-bond acceptors (Lipinski definition) is 2. The van der Waals surface area contributed by atoms with E-state index in [-0.39, 0.29) is 6.61 Å². The molecule has 0 fully saturated rings. The zero-order valence-corrected chi connectivity index (χ0v) is 9.67. The van der Waals surface area contributed by atoms with Crippen LogP contribution in [0.1, 0.15) is 34.1 Å². The summed E-state index contributed by atoms with van der Waals surface area (Å²) < 4.78 is 0. The molecule has 0 heterocycles. The molecule has 0 aromatic rings. The lowest BCUT2D eigenvalue weighted by molar-refractivity contribution is 0.291. The topological polar surface area (TPSA) is 56.7 Å². The van der Waals surface area contributed by atoms with Crippen molar-refractivity contribution in [1.82, 2.24) is 10.6 Å². The SMILES string of the molecule is CC(C)NC(=NCCCO)NC(C)C. The molecule has 0 aliphatic carbocycles. The average molecular weight is 201 g/mol. The second kappa shape index (κ2) is 7.62. The maximum atomic E-state index is 8.63. The van der Waals surface area contributed by atoms with Gasteiger partial charge in [-0.25, -0.2) is 0 Å². The quantitative estimate of drug-likeness (QED) is 0.349. The first-order chi connectivity index (χ1) is 6.56. The van der Waals surface area contributed by atoms with Crippen molar-refractivity contribution in [2.75, 3.05) is 13.2 Å². The molecule has 84 valence electrons. The molecule has 0 aliphatic rings. The van der Waals surface area contributed by atoms with Gasteiger partial charge < -0.3 is 15.7 Å². The highest BCUT2D eigenvalue weighted by atomic mass is 16.3. The van der Waals surface area contributed by atoms with Gasteiger partial charge in [-0.05, 0) is 34.1 Å². The van der Waals surface area contributed by atoms with Crippen LogP contribution in [0.25, 0.3) is 0 Å². The smallest absolute Gasteiger partial charge is 0.191 e. The fourth-order valence-electron chi connectivity index (χ4n) is 0.941. The average Bonchev–Trinajstić information content (AvgIpc) is 2.02. The van der Waals surface area contributed by atoms with Crippen molar-refractivity contribution in [2.45, 2.75) is 46.2 Å². The van der Waals surface area contributed by atoms with Gasteiger partial charge in [0.1, 0.15) is 0 Å². The molecule has 0 atom stereocenters. The fourth-order valence-corrected chi connectivity index (χ4v) is 0.941. The Balaban J connectivity index is 4.01. The van der Waals surface area contributed by atoms with E-state index in [9.17, 15) is 0 Å². The molecule has 4 heteroatoms. The van der Waals surface area contributed by atoms with Gasteiger partial charge in [-0.15, -0.1) is 0 Å². The van der Waals surface area contributed by atoms with Gasteiger partial charge in [0.2, 0.25) is 0 Å². The third-order valence-corrected chi connectivity index (χ3v) is 1.44. The largest absolute Gasteiger partial charge is 0.396 e. The Kier molecular flexibility index (Phi) is 7.20. The first-order valence-electron chi connectivity index (χ1n) is 5.24. The van der Waals surface area contributed by atoms with Crippen LogP contribution in [0.3, 0.4) is 0 Å². The summed E-state index contributed by atoms with van der Waals surface area (Å²) in [5.41, 5.74) is 0. The van der Waals surface area contributed by atoms with Crippen LogP contribution in [0.15, 0.2) is 4.99 Å². The number of aliphatic hydroxyl groups excluding tert-OH is 1. The summed E-state index contributed by atoms with van der Waals surface area (Å²) in [6.45, 7) is 9.14. The first-order valence-corrected chi connectivity index (χ1v) is 5.24. The molecule has 0 radical (unpaired) electrons. The predicted octanol–water partition coefficient (Wildman–Crippen LogP) is 0.721. The van der Waals surface area contributed by atoms with E-state index in [1.165, 1.54) is 0 Å². The number of aliphatic hydroxyl groups is 1. The van der Waals surface area contributed by atoms with E-state index in [4.69, 9.17) is 5.11 Å². The Labute approximate surface area is 86.8 Å². The molecule has 14 heavy (non-hydrogen) atoms. The van der Waals surface area contributed by atoms with Crippen LogP contribution in [-0.2, 0) is 0 Å². The number of aliphatic imine (C=N–C) groups is 1. The van der Waals surface area contributed by atoms with Gasteiger partial charge in [0.15, 0.2) is 5.96 Å². The molecule has 0 saturated carbocycles. The van der Waals surface area contributed by atoms with E-state index < -0.39 is 0 Å². The minimum atomic E-state index is 0.195. The molecule has 0 aromatic carbocycles.